The molecule has 0 saturated heterocycles. The zero-order valence-corrected chi connectivity index (χ0v) is 15.6. The molecule has 2 aromatic carbocycles. The van der Waals surface area contributed by atoms with Gasteiger partial charge in [-0.1, -0.05) is 50.9 Å². The molecule has 4 heteroatoms. The minimum atomic E-state index is -0.478. The smallest absolute Gasteiger partial charge is 0.338 e. The molecule has 2 rings (SSSR count). The number of rotatable bonds is 7. The molecule has 0 radical (unpaired) electrons. The molecule has 4 nitrogen and oxygen atoms in total. The van der Waals surface area contributed by atoms with Gasteiger partial charge in [0.15, 0.2) is 0 Å². The van der Waals surface area contributed by atoms with Crippen LogP contribution in [0.2, 0.25) is 0 Å². The highest BCUT2D eigenvalue weighted by Gasteiger charge is 2.12. The molecule has 2 aromatic rings. The number of hydrogen-bond acceptors (Lipinski definition) is 4. The molecule has 0 aliphatic rings. The van der Waals surface area contributed by atoms with Crippen LogP contribution in [0.25, 0.3) is 23.3 Å². The van der Waals surface area contributed by atoms with Crippen LogP contribution in [0.1, 0.15) is 31.4 Å². The fraction of sp³-hybridized carbons (Fsp3) is 0.130. The highest BCUT2D eigenvalue weighted by atomic mass is 16.5. The van der Waals surface area contributed by atoms with E-state index in [0.717, 1.165) is 16.7 Å². The molecule has 0 saturated carbocycles. The van der Waals surface area contributed by atoms with Crippen LogP contribution in [0, 0.1) is 0 Å². The first-order chi connectivity index (χ1) is 12.9. The molecular weight excluding hydrogens is 340 g/mol. The third-order valence-electron chi connectivity index (χ3n) is 3.86. The summed E-state index contributed by atoms with van der Waals surface area (Å²) in [6, 6.07) is 10.8. The average Bonchev–Trinajstić information content (AvgIpc) is 2.67. The van der Waals surface area contributed by atoms with Gasteiger partial charge in [0.2, 0.25) is 0 Å². The zero-order valence-electron chi connectivity index (χ0n) is 15.6. The van der Waals surface area contributed by atoms with E-state index in [1.165, 1.54) is 0 Å². The summed E-state index contributed by atoms with van der Waals surface area (Å²) < 4.78 is 10.6. The van der Waals surface area contributed by atoms with Crippen molar-refractivity contribution in [3.8, 4) is 22.6 Å². The minimum absolute atomic E-state index is 0.295. The van der Waals surface area contributed by atoms with Crippen LogP contribution < -0.4 is 9.47 Å². The number of esters is 2. The predicted octanol–water partition coefficient (Wildman–Crippen LogP) is 5.44. The standard InChI is InChI=1S/C23H22O4/c1-6-16-14-19(26-23(25)15(4)5)10-11-20(16)18-9-12-21(17(7-2)13-18)27-22(24)8-3/h6-7,9-14H,1-2,4,8H2,3,5H3. The normalized spacial score (nSPS) is 10.0. The van der Waals surface area contributed by atoms with E-state index < -0.39 is 5.97 Å². The molecule has 0 aromatic heterocycles. The number of hydrogen-bond donors (Lipinski definition) is 0. The minimum Gasteiger partial charge on any atom is -0.426 e. The molecular formula is C23H22O4. The summed E-state index contributed by atoms with van der Waals surface area (Å²) in [4.78, 5) is 23.3. The Balaban J connectivity index is 2.41. The van der Waals surface area contributed by atoms with Crippen LogP contribution in [0.4, 0.5) is 0 Å². The summed E-state index contributed by atoms with van der Waals surface area (Å²) in [6.45, 7) is 14.5. The number of ether oxygens (including phenoxy) is 2. The lowest BCUT2D eigenvalue weighted by Crippen LogP contribution is -2.08. The summed E-state index contributed by atoms with van der Waals surface area (Å²) in [5, 5.41) is 0. The number of benzene rings is 2. The van der Waals surface area contributed by atoms with Gasteiger partial charge >= 0.3 is 11.9 Å². The van der Waals surface area contributed by atoms with Crippen LogP contribution in [0.3, 0.4) is 0 Å². The number of carbonyl (C=O) groups is 2. The van der Waals surface area contributed by atoms with Crippen molar-refractivity contribution >= 4 is 24.1 Å². The SMILES string of the molecule is C=Cc1cc(-c2ccc(OC(=O)C(=C)C)cc2C=C)ccc1OC(=O)CC. The van der Waals surface area contributed by atoms with Crippen molar-refractivity contribution in [2.75, 3.05) is 0 Å². The molecule has 27 heavy (non-hydrogen) atoms. The highest BCUT2D eigenvalue weighted by molar-refractivity contribution is 5.89. The largest absolute Gasteiger partial charge is 0.426 e. The third-order valence-corrected chi connectivity index (χ3v) is 3.86. The molecule has 0 unspecified atom stereocenters. The summed E-state index contributed by atoms with van der Waals surface area (Å²) in [5.74, 6) is 0.0990. The van der Waals surface area contributed by atoms with Crippen molar-refractivity contribution in [2.24, 2.45) is 0 Å². The molecule has 0 amide bonds. The van der Waals surface area contributed by atoms with Crippen molar-refractivity contribution in [2.45, 2.75) is 20.3 Å². The van der Waals surface area contributed by atoms with Crippen LogP contribution in [-0.4, -0.2) is 11.9 Å². The van der Waals surface area contributed by atoms with Crippen molar-refractivity contribution in [3.63, 3.8) is 0 Å². The fourth-order valence-corrected chi connectivity index (χ4v) is 2.39. The van der Waals surface area contributed by atoms with E-state index in [1.807, 2.05) is 18.2 Å². The van der Waals surface area contributed by atoms with Gasteiger partial charge in [0.25, 0.3) is 0 Å². The lowest BCUT2D eigenvalue weighted by atomic mass is 9.97. The van der Waals surface area contributed by atoms with E-state index in [-0.39, 0.29) is 5.97 Å². The second-order valence-electron chi connectivity index (χ2n) is 5.91. The maximum atomic E-state index is 11.7. The van der Waals surface area contributed by atoms with Crippen LogP contribution in [0.15, 0.2) is 61.7 Å². The van der Waals surface area contributed by atoms with Gasteiger partial charge in [0.1, 0.15) is 11.5 Å². The van der Waals surface area contributed by atoms with E-state index in [1.54, 1.807) is 44.2 Å². The number of carbonyl (C=O) groups excluding carboxylic acids is 2. The van der Waals surface area contributed by atoms with Gasteiger partial charge in [-0.2, -0.15) is 0 Å². The summed E-state index contributed by atoms with van der Waals surface area (Å²) in [6.07, 6.45) is 3.62. The first-order valence-electron chi connectivity index (χ1n) is 8.51. The molecule has 0 spiro atoms. The van der Waals surface area contributed by atoms with E-state index in [0.29, 0.717) is 29.1 Å². The van der Waals surface area contributed by atoms with Crippen molar-refractivity contribution in [1.82, 2.24) is 0 Å². The maximum Gasteiger partial charge on any atom is 0.338 e. The zero-order chi connectivity index (χ0) is 20.0. The molecule has 0 fully saturated rings. The Morgan fingerprint density at radius 1 is 1.00 bits per heavy atom. The van der Waals surface area contributed by atoms with Gasteiger partial charge in [-0.15, -0.1) is 0 Å². The van der Waals surface area contributed by atoms with Gasteiger partial charge in [0, 0.05) is 17.6 Å². The average molecular weight is 362 g/mol. The predicted molar refractivity (Wildman–Crippen MR) is 108 cm³/mol. The Morgan fingerprint density at radius 3 is 2.30 bits per heavy atom. The first-order valence-corrected chi connectivity index (χ1v) is 8.51. The lowest BCUT2D eigenvalue weighted by molar-refractivity contribution is -0.134. The summed E-state index contributed by atoms with van der Waals surface area (Å²) >= 11 is 0. The van der Waals surface area contributed by atoms with Gasteiger partial charge in [-0.3, -0.25) is 4.79 Å². The Hall–Kier alpha value is -3.40. The molecule has 138 valence electrons. The van der Waals surface area contributed by atoms with Crippen LogP contribution in [-0.2, 0) is 9.59 Å². The van der Waals surface area contributed by atoms with Gasteiger partial charge < -0.3 is 9.47 Å². The van der Waals surface area contributed by atoms with Crippen molar-refractivity contribution in [1.29, 1.82) is 0 Å². The van der Waals surface area contributed by atoms with Crippen LogP contribution >= 0.6 is 0 Å². The Kier molecular flexibility index (Phi) is 6.50. The fourth-order valence-electron chi connectivity index (χ4n) is 2.39. The van der Waals surface area contributed by atoms with E-state index in [2.05, 4.69) is 19.7 Å². The van der Waals surface area contributed by atoms with Gasteiger partial charge in [-0.05, 0) is 47.9 Å². The Bertz CT molecular complexity index is 922. The molecule has 0 heterocycles. The maximum absolute atomic E-state index is 11.7. The van der Waals surface area contributed by atoms with Crippen LogP contribution in [0.5, 0.6) is 11.5 Å². The molecule has 0 atom stereocenters. The van der Waals surface area contributed by atoms with Gasteiger partial charge in [0.05, 0.1) is 0 Å². The second-order valence-corrected chi connectivity index (χ2v) is 5.91. The highest BCUT2D eigenvalue weighted by Crippen LogP contribution is 2.32. The quantitative estimate of drug-likeness (QED) is 0.374. The van der Waals surface area contributed by atoms with Crippen molar-refractivity contribution < 1.29 is 19.1 Å². The van der Waals surface area contributed by atoms with Gasteiger partial charge in [-0.25, -0.2) is 4.79 Å². The lowest BCUT2D eigenvalue weighted by Gasteiger charge is -2.12. The monoisotopic (exact) mass is 362 g/mol. The van der Waals surface area contributed by atoms with E-state index >= 15 is 0 Å². The van der Waals surface area contributed by atoms with E-state index in [4.69, 9.17) is 9.47 Å². The molecule has 0 bridgehead atoms. The molecule has 0 aliphatic heterocycles. The molecule has 0 aliphatic carbocycles. The van der Waals surface area contributed by atoms with E-state index in [9.17, 15) is 9.59 Å². The Labute approximate surface area is 159 Å². The third kappa shape index (κ3) is 4.82. The molecule has 0 N–H and O–H groups in total. The second kappa shape index (κ2) is 8.81. The summed E-state index contributed by atoms with van der Waals surface area (Å²) in [5.41, 5.74) is 3.63. The topological polar surface area (TPSA) is 52.6 Å². The Morgan fingerprint density at radius 2 is 1.70 bits per heavy atom. The summed E-state index contributed by atoms with van der Waals surface area (Å²) in [7, 11) is 0. The first kappa shape index (κ1) is 19.9. The van der Waals surface area contributed by atoms with Crippen molar-refractivity contribution in [3.05, 3.63) is 72.8 Å².